The molecule has 2 aromatic heterocycles. The van der Waals surface area contributed by atoms with Crippen LogP contribution in [-0.4, -0.2) is 15.0 Å². The molecule has 2 aromatic rings. The molecule has 0 saturated carbocycles. The van der Waals surface area contributed by atoms with Gasteiger partial charge in [0.05, 0.1) is 12.1 Å². The summed E-state index contributed by atoms with van der Waals surface area (Å²) in [6.45, 7) is 7.00. The highest BCUT2D eigenvalue weighted by atomic mass is 32.1. The van der Waals surface area contributed by atoms with Crippen molar-refractivity contribution < 1.29 is 0 Å². The average Bonchev–Trinajstić information content (AvgIpc) is 2.85. The first-order chi connectivity index (χ1) is 7.58. The van der Waals surface area contributed by atoms with Gasteiger partial charge in [-0.2, -0.15) is 0 Å². The van der Waals surface area contributed by atoms with Gasteiger partial charge in [0, 0.05) is 23.5 Å². The molecule has 2 rings (SSSR count). The van der Waals surface area contributed by atoms with Gasteiger partial charge in [0.1, 0.15) is 10.8 Å². The van der Waals surface area contributed by atoms with E-state index in [1.807, 2.05) is 13.1 Å². The van der Waals surface area contributed by atoms with E-state index in [-0.39, 0.29) is 5.54 Å². The Bertz CT molecular complexity index is 444. The number of hydrogen-bond donors (Lipinski definition) is 2. The molecular weight excluding hydrogens is 220 g/mol. The van der Waals surface area contributed by atoms with Gasteiger partial charge >= 0.3 is 0 Å². The Labute approximate surface area is 99.2 Å². The van der Waals surface area contributed by atoms with Crippen LogP contribution in [0.2, 0.25) is 0 Å². The molecule has 0 saturated heterocycles. The van der Waals surface area contributed by atoms with E-state index in [1.54, 1.807) is 17.5 Å². The van der Waals surface area contributed by atoms with Crippen LogP contribution in [0.1, 0.15) is 30.4 Å². The number of rotatable bonds is 4. The molecule has 86 valence electrons. The molecule has 5 heteroatoms. The predicted molar refractivity (Wildman–Crippen MR) is 65.3 cm³/mol. The largest absolute Gasteiger partial charge is 0.348 e. The first kappa shape index (κ1) is 11.3. The Morgan fingerprint density at radius 1 is 1.50 bits per heavy atom. The third kappa shape index (κ3) is 2.48. The van der Waals surface area contributed by atoms with Crippen molar-refractivity contribution in [3.05, 3.63) is 34.3 Å². The van der Waals surface area contributed by atoms with Crippen LogP contribution in [-0.2, 0) is 12.1 Å². The maximum atomic E-state index is 4.51. The third-order valence-corrected chi connectivity index (χ3v) is 3.69. The summed E-state index contributed by atoms with van der Waals surface area (Å²) < 4.78 is 0. The van der Waals surface area contributed by atoms with E-state index < -0.39 is 0 Å². The number of aryl methyl sites for hydroxylation is 1. The Morgan fingerprint density at radius 2 is 2.31 bits per heavy atom. The van der Waals surface area contributed by atoms with Gasteiger partial charge in [0.25, 0.3) is 0 Å². The highest BCUT2D eigenvalue weighted by Crippen LogP contribution is 2.23. The molecule has 16 heavy (non-hydrogen) atoms. The van der Waals surface area contributed by atoms with Crippen LogP contribution in [0.25, 0.3) is 0 Å². The summed E-state index contributed by atoms with van der Waals surface area (Å²) in [5, 5.41) is 6.63. The molecule has 0 atom stereocenters. The van der Waals surface area contributed by atoms with Crippen LogP contribution in [0.3, 0.4) is 0 Å². The Hall–Kier alpha value is -1.20. The van der Waals surface area contributed by atoms with Crippen LogP contribution < -0.4 is 5.32 Å². The Kier molecular flexibility index (Phi) is 3.07. The molecular formula is C11H16N4S. The number of nitrogens with zero attached hydrogens (tertiary/aromatic N) is 2. The monoisotopic (exact) mass is 236 g/mol. The van der Waals surface area contributed by atoms with Gasteiger partial charge in [-0.15, -0.1) is 11.3 Å². The van der Waals surface area contributed by atoms with E-state index in [4.69, 9.17) is 0 Å². The van der Waals surface area contributed by atoms with Gasteiger partial charge < -0.3 is 4.98 Å². The molecule has 0 bridgehead atoms. The second-order valence-electron chi connectivity index (χ2n) is 4.31. The van der Waals surface area contributed by atoms with Crippen molar-refractivity contribution in [2.24, 2.45) is 0 Å². The summed E-state index contributed by atoms with van der Waals surface area (Å²) in [4.78, 5) is 11.8. The number of imidazole rings is 1. The van der Waals surface area contributed by atoms with E-state index in [0.29, 0.717) is 0 Å². The maximum absolute atomic E-state index is 4.51. The van der Waals surface area contributed by atoms with Crippen molar-refractivity contribution in [3.63, 3.8) is 0 Å². The number of aromatic amines is 1. The highest BCUT2D eigenvalue weighted by molar-refractivity contribution is 7.09. The fourth-order valence-corrected chi connectivity index (χ4v) is 2.31. The zero-order valence-electron chi connectivity index (χ0n) is 9.74. The standard InChI is InChI=1S/C11H16N4S/c1-8-7-16-10(15-8)11(2,3)14-6-9-12-4-5-13-9/h4-5,7,14H,6H2,1-3H3,(H,12,13). The molecule has 0 aliphatic rings. The summed E-state index contributed by atoms with van der Waals surface area (Å²) in [6.07, 6.45) is 3.59. The van der Waals surface area contributed by atoms with E-state index in [9.17, 15) is 0 Å². The van der Waals surface area contributed by atoms with Crippen molar-refractivity contribution in [1.82, 2.24) is 20.3 Å². The number of hydrogen-bond acceptors (Lipinski definition) is 4. The van der Waals surface area contributed by atoms with Crippen molar-refractivity contribution in [2.45, 2.75) is 32.9 Å². The predicted octanol–water partition coefficient (Wildman–Crippen LogP) is 2.20. The lowest BCUT2D eigenvalue weighted by atomic mass is 10.1. The summed E-state index contributed by atoms with van der Waals surface area (Å²) in [6, 6.07) is 0. The zero-order valence-corrected chi connectivity index (χ0v) is 10.6. The van der Waals surface area contributed by atoms with Gasteiger partial charge in [0.15, 0.2) is 0 Å². The number of aromatic nitrogens is 3. The highest BCUT2D eigenvalue weighted by Gasteiger charge is 2.23. The zero-order chi connectivity index (χ0) is 11.6. The van der Waals surface area contributed by atoms with Crippen LogP contribution in [0.4, 0.5) is 0 Å². The minimum Gasteiger partial charge on any atom is -0.348 e. The first-order valence-electron chi connectivity index (χ1n) is 5.24. The fraction of sp³-hybridized carbons (Fsp3) is 0.455. The van der Waals surface area contributed by atoms with E-state index in [2.05, 4.69) is 39.5 Å². The van der Waals surface area contributed by atoms with Gasteiger partial charge in [0.2, 0.25) is 0 Å². The summed E-state index contributed by atoms with van der Waals surface area (Å²) >= 11 is 1.69. The number of H-pyrrole nitrogens is 1. The molecule has 0 amide bonds. The summed E-state index contributed by atoms with van der Waals surface area (Å²) in [5.41, 5.74) is 0.957. The SMILES string of the molecule is Cc1csc(C(C)(C)NCc2ncc[nH]2)n1. The van der Waals surface area contributed by atoms with Gasteiger partial charge in [-0.25, -0.2) is 9.97 Å². The lowest BCUT2D eigenvalue weighted by Crippen LogP contribution is -2.36. The number of thiazole rings is 1. The quantitative estimate of drug-likeness (QED) is 0.855. The number of nitrogens with one attached hydrogen (secondary N) is 2. The lowest BCUT2D eigenvalue weighted by Gasteiger charge is -2.23. The average molecular weight is 236 g/mol. The lowest BCUT2D eigenvalue weighted by molar-refractivity contribution is 0.394. The molecule has 0 radical (unpaired) electrons. The smallest absolute Gasteiger partial charge is 0.120 e. The topological polar surface area (TPSA) is 53.6 Å². The van der Waals surface area contributed by atoms with Crippen LogP contribution in [0.15, 0.2) is 17.8 Å². The van der Waals surface area contributed by atoms with E-state index >= 15 is 0 Å². The molecule has 4 nitrogen and oxygen atoms in total. The molecule has 0 unspecified atom stereocenters. The molecule has 0 aromatic carbocycles. The fourth-order valence-electron chi connectivity index (χ4n) is 1.42. The van der Waals surface area contributed by atoms with Crippen molar-refractivity contribution >= 4 is 11.3 Å². The first-order valence-corrected chi connectivity index (χ1v) is 6.12. The molecule has 0 aliphatic heterocycles. The van der Waals surface area contributed by atoms with Crippen LogP contribution in [0.5, 0.6) is 0 Å². The van der Waals surface area contributed by atoms with Crippen LogP contribution >= 0.6 is 11.3 Å². The normalized spacial score (nSPS) is 11.9. The molecule has 2 heterocycles. The third-order valence-electron chi connectivity index (χ3n) is 2.41. The molecule has 0 aliphatic carbocycles. The minimum atomic E-state index is -0.119. The minimum absolute atomic E-state index is 0.119. The van der Waals surface area contributed by atoms with Gasteiger partial charge in [-0.3, -0.25) is 5.32 Å². The molecule has 0 spiro atoms. The molecule has 2 N–H and O–H groups in total. The van der Waals surface area contributed by atoms with Gasteiger partial charge in [-0.05, 0) is 20.8 Å². The van der Waals surface area contributed by atoms with Crippen LogP contribution in [0, 0.1) is 6.92 Å². The maximum Gasteiger partial charge on any atom is 0.120 e. The Morgan fingerprint density at radius 3 is 2.88 bits per heavy atom. The van der Waals surface area contributed by atoms with E-state index in [0.717, 1.165) is 23.1 Å². The second kappa shape index (κ2) is 4.35. The Balaban J connectivity index is 2.02. The van der Waals surface area contributed by atoms with Crippen molar-refractivity contribution in [1.29, 1.82) is 0 Å². The summed E-state index contributed by atoms with van der Waals surface area (Å²) in [7, 11) is 0. The molecule has 0 fully saturated rings. The van der Waals surface area contributed by atoms with E-state index in [1.165, 1.54) is 0 Å². The van der Waals surface area contributed by atoms with Crippen molar-refractivity contribution in [3.8, 4) is 0 Å². The van der Waals surface area contributed by atoms with Crippen molar-refractivity contribution in [2.75, 3.05) is 0 Å². The summed E-state index contributed by atoms with van der Waals surface area (Å²) in [5.74, 6) is 0.946. The second-order valence-corrected chi connectivity index (χ2v) is 5.17. The van der Waals surface area contributed by atoms with Gasteiger partial charge in [-0.1, -0.05) is 0 Å².